The van der Waals surface area contributed by atoms with E-state index in [1.807, 2.05) is 6.07 Å². The molecule has 0 aromatic heterocycles. The first-order valence-electron chi connectivity index (χ1n) is 10.6. The van der Waals surface area contributed by atoms with Crippen LogP contribution in [0, 0.1) is 6.92 Å². The van der Waals surface area contributed by atoms with Gasteiger partial charge in [-0.05, 0) is 42.3 Å². The Morgan fingerprint density at radius 1 is 0.912 bits per heavy atom. The van der Waals surface area contributed by atoms with Gasteiger partial charge in [-0.15, -0.1) is 0 Å². The van der Waals surface area contributed by atoms with Gasteiger partial charge in [0.15, 0.2) is 6.61 Å². The Kier molecular flexibility index (Phi) is 6.75. The van der Waals surface area contributed by atoms with Crippen LogP contribution in [0.1, 0.15) is 31.8 Å². The van der Waals surface area contributed by atoms with Gasteiger partial charge in [0, 0.05) is 17.1 Å². The summed E-state index contributed by atoms with van der Waals surface area (Å²) in [6, 6.07) is 19.2. The molecule has 7 nitrogen and oxygen atoms in total. The van der Waals surface area contributed by atoms with E-state index in [1.165, 1.54) is 0 Å². The summed E-state index contributed by atoms with van der Waals surface area (Å²) in [6.45, 7) is 1.17. The number of nitrogens with zero attached hydrogens (tertiary/aromatic N) is 1. The van der Waals surface area contributed by atoms with Gasteiger partial charge < -0.3 is 10.1 Å². The van der Waals surface area contributed by atoms with E-state index < -0.39 is 36.3 Å². The maximum atomic E-state index is 13.1. The summed E-state index contributed by atoms with van der Waals surface area (Å²) in [5.74, 6) is -2.56. The molecule has 3 amide bonds. The lowest BCUT2D eigenvalue weighted by Gasteiger charge is -2.24. The summed E-state index contributed by atoms with van der Waals surface area (Å²) in [6.07, 6.45) is 0.0557. The summed E-state index contributed by atoms with van der Waals surface area (Å²) in [5, 5.41) is 3.14. The van der Waals surface area contributed by atoms with Crippen molar-refractivity contribution in [2.75, 3.05) is 11.9 Å². The predicted molar refractivity (Wildman–Crippen MR) is 127 cm³/mol. The normalized spacial score (nSPS) is 13.4. The van der Waals surface area contributed by atoms with Crippen molar-refractivity contribution < 1.29 is 23.9 Å². The maximum Gasteiger partial charge on any atom is 0.330 e. The summed E-state index contributed by atoms with van der Waals surface area (Å²) >= 11 is 6.08. The van der Waals surface area contributed by atoms with Crippen LogP contribution >= 0.6 is 11.6 Å². The topological polar surface area (TPSA) is 92.8 Å². The number of ether oxygens (including phenoxy) is 1. The van der Waals surface area contributed by atoms with Crippen LogP contribution in [0.3, 0.4) is 0 Å². The van der Waals surface area contributed by atoms with Crippen molar-refractivity contribution in [1.29, 1.82) is 0 Å². The molecule has 8 heteroatoms. The van der Waals surface area contributed by atoms with Crippen LogP contribution < -0.4 is 5.32 Å². The van der Waals surface area contributed by atoms with Gasteiger partial charge in [0.1, 0.15) is 6.04 Å². The van der Waals surface area contributed by atoms with E-state index >= 15 is 0 Å². The molecule has 0 saturated carbocycles. The van der Waals surface area contributed by atoms with Crippen LogP contribution in [0.2, 0.25) is 5.02 Å². The molecule has 0 unspecified atom stereocenters. The molecule has 0 bridgehead atoms. The number of imide groups is 1. The first-order valence-corrected chi connectivity index (χ1v) is 11.0. The van der Waals surface area contributed by atoms with E-state index in [-0.39, 0.29) is 17.5 Å². The highest BCUT2D eigenvalue weighted by Gasteiger charge is 2.43. The smallest absolute Gasteiger partial charge is 0.330 e. The summed E-state index contributed by atoms with van der Waals surface area (Å²) < 4.78 is 5.26. The van der Waals surface area contributed by atoms with Crippen molar-refractivity contribution >= 4 is 41.0 Å². The van der Waals surface area contributed by atoms with Crippen LogP contribution in [-0.2, 0) is 20.7 Å². The maximum absolute atomic E-state index is 13.1. The lowest BCUT2D eigenvalue weighted by molar-refractivity contribution is -0.151. The Labute approximate surface area is 201 Å². The molecule has 1 heterocycles. The largest absolute Gasteiger partial charge is 0.454 e. The zero-order valence-electron chi connectivity index (χ0n) is 18.3. The molecule has 0 spiro atoms. The van der Waals surface area contributed by atoms with Crippen molar-refractivity contribution in [3.63, 3.8) is 0 Å². The average molecular weight is 477 g/mol. The average Bonchev–Trinajstić information content (AvgIpc) is 3.09. The van der Waals surface area contributed by atoms with E-state index in [1.54, 1.807) is 73.7 Å². The molecular weight excluding hydrogens is 456 g/mol. The molecule has 0 radical (unpaired) electrons. The number of hydrogen-bond acceptors (Lipinski definition) is 5. The van der Waals surface area contributed by atoms with Crippen molar-refractivity contribution in [3.05, 3.63) is 100 Å². The van der Waals surface area contributed by atoms with Gasteiger partial charge in [-0.1, -0.05) is 60.1 Å². The van der Waals surface area contributed by atoms with Gasteiger partial charge >= 0.3 is 5.97 Å². The Morgan fingerprint density at radius 2 is 1.53 bits per heavy atom. The first-order chi connectivity index (χ1) is 16.4. The number of carbonyl (C=O) groups excluding carboxylic acids is 4. The molecule has 0 fully saturated rings. The van der Waals surface area contributed by atoms with E-state index in [9.17, 15) is 19.2 Å². The van der Waals surface area contributed by atoms with Gasteiger partial charge in [-0.25, -0.2) is 4.79 Å². The molecule has 3 aromatic carbocycles. The standard InChI is InChI=1S/C26H21ClN2O5/c1-16-20(27)12-7-13-21(16)28-23(30)15-34-26(33)22(14-17-8-3-2-4-9-17)29-24(31)18-10-5-6-11-19(18)25(29)32/h2-13,22H,14-15H2,1H3,(H,28,30)/t22-/m1/s1. The number of halogens is 1. The fourth-order valence-corrected chi connectivity index (χ4v) is 3.94. The number of carbonyl (C=O) groups is 4. The van der Waals surface area contributed by atoms with Gasteiger partial charge in [0.2, 0.25) is 0 Å². The molecular formula is C26H21ClN2O5. The fourth-order valence-electron chi connectivity index (χ4n) is 3.77. The Hall–Kier alpha value is -3.97. The number of hydrogen-bond donors (Lipinski definition) is 1. The lowest BCUT2D eigenvalue weighted by atomic mass is 10.0. The Morgan fingerprint density at radius 3 is 2.18 bits per heavy atom. The second-order valence-corrected chi connectivity index (χ2v) is 8.21. The van der Waals surface area contributed by atoms with Gasteiger partial charge in [-0.3, -0.25) is 19.3 Å². The highest BCUT2D eigenvalue weighted by atomic mass is 35.5. The van der Waals surface area contributed by atoms with Crippen molar-refractivity contribution in [2.24, 2.45) is 0 Å². The number of nitrogens with one attached hydrogen (secondary N) is 1. The predicted octanol–water partition coefficient (Wildman–Crippen LogP) is 4.04. The third-order valence-corrected chi connectivity index (χ3v) is 5.98. The monoisotopic (exact) mass is 476 g/mol. The van der Waals surface area contributed by atoms with Gasteiger partial charge in [0.05, 0.1) is 11.1 Å². The zero-order valence-corrected chi connectivity index (χ0v) is 19.0. The molecule has 1 atom stereocenters. The van der Waals surface area contributed by atoms with Crippen molar-refractivity contribution in [1.82, 2.24) is 4.90 Å². The molecule has 1 aliphatic heterocycles. The minimum atomic E-state index is -1.23. The molecule has 1 N–H and O–H groups in total. The Bertz CT molecular complexity index is 1240. The molecule has 172 valence electrons. The number of rotatable bonds is 7. The summed E-state index contributed by atoms with van der Waals surface area (Å²) in [4.78, 5) is 52.4. The van der Waals surface area contributed by atoms with Crippen LogP contribution in [0.25, 0.3) is 0 Å². The third-order valence-electron chi connectivity index (χ3n) is 5.57. The number of esters is 1. The van der Waals surface area contributed by atoms with E-state index in [2.05, 4.69) is 5.32 Å². The minimum Gasteiger partial charge on any atom is -0.454 e. The zero-order chi connectivity index (χ0) is 24.2. The number of fused-ring (bicyclic) bond motifs is 1. The van der Waals surface area contributed by atoms with E-state index in [0.717, 1.165) is 10.5 Å². The number of benzene rings is 3. The molecule has 0 saturated heterocycles. The Balaban J connectivity index is 1.52. The van der Waals surface area contributed by atoms with E-state index in [4.69, 9.17) is 16.3 Å². The van der Waals surface area contributed by atoms with Gasteiger partial charge in [-0.2, -0.15) is 0 Å². The lowest BCUT2D eigenvalue weighted by Crippen LogP contribution is -2.47. The van der Waals surface area contributed by atoms with Crippen LogP contribution in [0.15, 0.2) is 72.8 Å². The molecule has 1 aliphatic rings. The molecule has 3 aromatic rings. The van der Waals surface area contributed by atoms with Crippen LogP contribution in [0.5, 0.6) is 0 Å². The molecule has 0 aliphatic carbocycles. The fraction of sp³-hybridized carbons (Fsp3) is 0.154. The SMILES string of the molecule is Cc1c(Cl)cccc1NC(=O)COC(=O)[C@@H](Cc1ccccc1)N1C(=O)c2ccccc2C1=O. The highest BCUT2D eigenvalue weighted by molar-refractivity contribution is 6.31. The number of amides is 3. The molecule has 4 rings (SSSR count). The van der Waals surface area contributed by atoms with E-state index in [0.29, 0.717) is 16.3 Å². The number of anilines is 1. The quantitative estimate of drug-likeness (QED) is 0.410. The van der Waals surface area contributed by atoms with Crippen LogP contribution in [-0.4, -0.2) is 41.2 Å². The van der Waals surface area contributed by atoms with Crippen molar-refractivity contribution in [2.45, 2.75) is 19.4 Å². The molecule has 34 heavy (non-hydrogen) atoms. The summed E-state index contributed by atoms with van der Waals surface area (Å²) in [5.41, 5.74) is 2.37. The second-order valence-electron chi connectivity index (χ2n) is 7.80. The highest BCUT2D eigenvalue weighted by Crippen LogP contribution is 2.27. The van der Waals surface area contributed by atoms with Gasteiger partial charge in [0.25, 0.3) is 17.7 Å². The first kappa shape index (κ1) is 23.2. The van der Waals surface area contributed by atoms with Crippen molar-refractivity contribution in [3.8, 4) is 0 Å². The van der Waals surface area contributed by atoms with Crippen LogP contribution in [0.4, 0.5) is 5.69 Å². The third kappa shape index (κ3) is 4.70. The second kappa shape index (κ2) is 9.89. The minimum absolute atomic E-state index is 0.0557. The summed E-state index contributed by atoms with van der Waals surface area (Å²) in [7, 11) is 0.